The van der Waals surface area contributed by atoms with E-state index in [0.717, 1.165) is 45.4 Å². The van der Waals surface area contributed by atoms with Crippen LogP contribution in [0.25, 0.3) is 0 Å². The van der Waals surface area contributed by atoms with Crippen molar-refractivity contribution in [1.29, 1.82) is 0 Å². The van der Waals surface area contributed by atoms with E-state index >= 15 is 0 Å². The lowest BCUT2D eigenvalue weighted by Gasteiger charge is -2.35. The largest absolute Gasteiger partial charge is 0.489 e. The maximum Gasteiger partial charge on any atom is 0.228 e. The quantitative estimate of drug-likeness (QED) is 0.857. The molecule has 1 atom stereocenters. The van der Waals surface area contributed by atoms with Crippen molar-refractivity contribution in [2.75, 3.05) is 26.3 Å². The maximum absolute atomic E-state index is 12.4. The van der Waals surface area contributed by atoms with E-state index < -0.39 is 0 Å². The Bertz CT molecular complexity index is 512. The Labute approximate surface area is 135 Å². The highest BCUT2D eigenvalue weighted by atomic mass is 35.5. The number of carbonyl (C=O) groups excluding carboxylic acids is 1. The molecule has 3 rings (SSSR count). The van der Waals surface area contributed by atoms with Crippen LogP contribution in [0.2, 0.25) is 5.02 Å². The van der Waals surface area contributed by atoms with Gasteiger partial charge in [-0.2, -0.15) is 0 Å². The molecule has 0 aromatic carbocycles. The minimum Gasteiger partial charge on any atom is -0.489 e. The number of aromatic nitrogens is 1. The van der Waals surface area contributed by atoms with Gasteiger partial charge in [-0.3, -0.25) is 9.78 Å². The molecule has 3 heterocycles. The number of hydrogen-bond donors (Lipinski definition) is 0. The Morgan fingerprint density at radius 2 is 2.14 bits per heavy atom. The highest BCUT2D eigenvalue weighted by Gasteiger charge is 2.30. The zero-order chi connectivity index (χ0) is 15.4. The van der Waals surface area contributed by atoms with Gasteiger partial charge in [-0.1, -0.05) is 11.6 Å². The number of amides is 1. The third-order valence-corrected chi connectivity index (χ3v) is 4.45. The van der Waals surface area contributed by atoms with Crippen molar-refractivity contribution in [2.24, 2.45) is 5.92 Å². The van der Waals surface area contributed by atoms with Crippen molar-refractivity contribution in [3.8, 4) is 5.75 Å². The number of carbonyl (C=O) groups is 1. The fourth-order valence-corrected chi connectivity index (χ4v) is 3.20. The van der Waals surface area contributed by atoms with E-state index in [1.54, 1.807) is 18.5 Å². The van der Waals surface area contributed by atoms with Crippen LogP contribution in [0.4, 0.5) is 0 Å². The van der Waals surface area contributed by atoms with Crippen LogP contribution in [0.5, 0.6) is 5.75 Å². The fourth-order valence-electron chi connectivity index (χ4n) is 3.04. The molecule has 2 saturated heterocycles. The van der Waals surface area contributed by atoms with Crippen LogP contribution in [0, 0.1) is 5.92 Å². The van der Waals surface area contributed by atoms with Gasteiger partial charge < -0.3 is 14.4 Å². The number of rotatable bonds is 3. The molecule has 5 nitrogen and oxygen atoms in total. The standard InChI is InChI=1S/C16H21ClN2O3/c17-13-8-15(10-18-9-13)22-14-3-5-19(6-4-14)16(20)12-2-1-7-21-11-12/h8-10,12,14H,1-7,11H2. The van der Waals surface area contributed by atoms with Gasteiger partial charge in [0.25, 0.3) is 0 Å². The number of piperidine rings is 1. The van der Waals surface area contributed by atoms with E-state index in [0.29, 0.717) is 17.4 Å². The molecular weight excluding hydrogens is 304 g/mol. The molecule has 1 unspecified atom stereocenters. The van der Waals surface area contributed by atoms with Crippen LogP contribution in [-0.2, 0) is 9.53 Å². The zero-order valence-corrected chi connectivity index (χ0v) is 13.3. The van der Waals surface area contributed by atoms with Crippen molar-refractivity contribution in [3.63, 3.8) is 0 Å². The van der Waals surface area contributed by atoms with Crippen molar-refractivity contribution >= 4 is 17.5 Å². The number of nitrogens with zero attached hydrogens (tertiary/aromatic N) is 2. The Morgan fingerprint density at radius 3 is 2.82 bits per heavy atom. The van der Waals surface area contributed by atoms with Crippen LogP contribution in [0.15, 0.2) is 18.5 Å². The van der Waals surface area contributed by atoms with E-state index in [1.807, 2.05) is 4.90 Å². The second-order valence-corrected chi connectivity index (χ2v) is 6.33. The molecule has 120 valence electrons. The predicted octanol–water partition coefficient (Wildman–Crippen LogP) is 2.53. The molecule has 1 aromatic heterocycles. The maximum atomic E-state index is 12.4. The zero-order valence-electron chi connectivity index (χ0n) is 12.5. The van der Waals surface area contributed by atoms with Gasteiger partial charge in [0, 0.05) is 44.8 Å². The van der Waals surface area contributed by atoms with Gasteiger partial charge in [0.2, 0.25) is 5.91 Å². The SMILES string of the molecule is O=C(C1CCCOC1)N1CCC(Oc2cncc(Cl)c2)CC1. The second kappa shape index (κ2) is 7.29. The summed E-state index contributed by atoms with van der Waals surface area (Å²) in [5.74, 6) is 0.976. The van der Waals surface area contributed by atoms with Gasteiger partial charge in [0.1, 0.15) is 11.9 Å². The van der Waals surface area contributed by atoms with Gasteiger partial charge in [-0.15, -0.1) is 0 Å². The minimum absolute atomic E-state index is 0.0448. The summed E-state index contributed by atoms with van der Waals surface area (Å²) in [6, 6.07) is 1.77. The number of hydrogen-bond acceptors (Lipinski definition) is 4. The lowest BCUT2D eigenvalue weighted by atomic mass is 9.98. The molecule has 2 fully saturated rings. The second-order valence-electron chi connectivity index (χ2n) is 5.90. The smallest absolute Gasteiger partial charge is 0.228 e. The van der Waals surface area contributed by atoms with Gasteiger partial charge in [0.05, 0.1) is 23.7 Å². The molecule has 0 spiro atoms. The van der Waals surface area contributed by atoms with Crippen LogP contribution < -0.4 is 4.74 Å². The van der Waals surface area contributed by atoms with Crippen molar-refractivity contribution in [3.05, 3.63) is 23.5 Å². The predicted molar refractivity (Wildman–Crippen MR) is 83.0 cm³/mol. The van der Waals surface area contributed by atoms with Crippen molar-refractivity contribution in [2.45, 2.75) is 31.8 Å². The molecule has 6 heteroatoms. The molecule has 1 aromatic rings. The average Bonchev–Trinajstić information content (AvgIpc) is 2.56. The Morgan fingerprint density at radius 1 is 1.32 bits per heavy atom. The molecular formula is C16H21ClN2O3. The Kier molecular flexibility index (Phi) is 5.16. The molecule has 0 aliphatic carbocycles. The number of pyridine rings is 1. The van der Waals surface area contributed by atoms with Gasteiger partial charge in [-0.05, 0) is 12.8 Å². The van der Waals surface area contributed by atoms with E-state index in [-0.39, 0.29) is 17.9 Å². The number of halogens is 1. The van der Waals surface area contributed by atoms with Crippen LogP contribution >= 0.6 is 11.6 Å². The Hall–Kier alpha value is -1.33. The minimum atomic E-state index is 0.0448. The molecule has 2 aliphatic heterocycles. The highest BCUT2D eigenvalue weighted by molar-refractivity contribution is 6.30. The van der Waals surface area contributed by atoms with Crippen LogP contribution in [0.1, 0.15) is 25.7 Å². The van der Waals surface area contributed by atoms with E-state index in [9.17, 15) is 4.79 Å². The molecule has 0 bridgehead atoms. The first kappa shape index (κ1) is 15.6. The average molecular weight is 325 g/mol. The molecule has 0 radical (unpaired) electrons. The Balaban J connectivity index is 1.48. The molecule has 0 N–H and O–H groups in total. The third kappa shape index (κ3) is 3.90. The molecule has 22 heavy (non-hydrogen) atoms. The van der Waals surface area contributed by atoms with Crippen LogP contribution in [-0.4, -0.2) is 48.2 Å². The summed E-state index contributed by atoms with van der Waals surface area (Å²) in [5, 5.41) is 0.572. The van der Waals surface area contributed by atoms with Gasteiger partial charge in [-0.25, -0.2) is 0 Å². The van der Waals surface area contributed by atoms with Crippen molar-refractivity contribution < 1.29 is 14.3 Å². The summed E-state index contributed by atoms with van der Waals surface area (Å²) in [7, 11) is 0. The number of ether oxygens (including phenoxy) is 2. The lowest BCUT2D eigenvalue weighted by Crippen LogP contribution is -2.45. The van der Waals surface area contributed by atoms with E-state index in [4.69, 9.17) is 21.1 Å². The first-order valence-electron chi connectivity index (χ1n) is 7.86. The van der Waals surface area contributed by atoms with Crippen LogP contribution in [0.3, 0.4) is 0 Å². The number of likely N-dealkylation sites (tertiary alicyclic amines) is 1. The summed E-state index contributed by atoms with van der Waals surface area (Å²) in [5.41, 5.74) is 0. The summed E-state index contributed by atoms with van der Waals surface area (Å²) in [6.07, 6.45) is 6.98. The lowest BCUT2D eigenvalue weighted by molar-refractivity contribution is -0.141. The van der Waals surface area contributed by atoms with E-state index in [2.05, 4.69) is 4.98 Å². The fraction of sp³-hybridized carbons (Fsp3) is 0.625. The van der Waals surface area contributed by atoms with Crippen molar-refractivity contribution in [1.82, 2.24) is 9.88 Å². The molecule has 2 aliphatic rings. The monoisotopic (exact) mass is 324 g/mol. The molecule has 1 amide bonds. The summed E-state index contributed by atoms with van der Waals surface area (Å²) in [6.45, 7) is 2.85. The first-order chi connectivity index (χ1) is 10.7. The first-order valence-corrected chi connectivity index (χ1v) is 8.24. The highest BCUT2D eigenvalue weighted by Crippen LogP contribution is 2.23. The van der Waals surface area contributed by atoms with E-state index in [1.165, 1.54) is 0 Å². The molecule has 0 saturated carbocycles. The summed E-state index contributed by atoms with van der Waals surface area (Å²) >= 11 is 5.91. The topological polar surface area (TPSA) is 51.7 Å². The van der Waals surface area contributed by atoms with Gasteiger partial charge in [0.15, 0.2) is 0 Å². The normalized spacial score (nSPS) is 23.3. The summed E-state index contributed by atoms with van der Waals surface area (Å²) in [4.78, 5) is 18.4. The third-order valence-electron chi connectivity index (χ3n) is 4.25. The van der Waals surface area contributed by atoms with Gasteiger partial charge >= 0.3 is 0 Å². The summed E-state index contributed by atoms with van der Waals surface area (Å²) < 4.78 is 11.3.